The average Bonchev–Trinajstić information content (AvgIpc) is 3.16. The molecule has 1 aromatic heterocycles. The lowest BCUT2D eigenvalue weighted by molar-refractivity contribution is -0.144. The summed E-state index contributed by atoms with van der Waals surface area (Å²) in [6.45, 7) is 1.85. The highest BCUT2D eigenvalue weighted by atomic mass is 16.5. The van der Waals surface area contributed by atoms with Crippen molar-refractivity contribution in [2.75, 3.05) is 24.7 Å². The van der Waals surface area contributed by atoms with Gasteiger partial charge in [-0.3, -0.25) is 9.59 Å². The fourth-order valence-electron chi connectivity index (χ4n) is 3.43. The molecule has 8 heteroatoms. The Morgan fingerprint density at radius 1 is 1.06 bits per heavy atom. The van der Waals surface area contributed by atoms with Gasteiger partial charge in [0.25, 0.3) is 5.91 Å². The zero-order valence-electron chi connectivity index (χ0n) is 17.0. The van der Waals surface area contributed by atoms with E-state index in [9.17, 15) is 14.4 Å². The van der Waals surface area contributed by atoms with Crippen molar-refractivity contribution in [3.8, 4) is 5.75 Å². The lowest BCUT2D eigenvalue weighted by atomic mass is 10.1. The van der Waals surface area contributed by atoms with E-state index < -0.39 is 11.9 Å². The number of hydrogen-bond acceptors (Lipinski definition) is 7. The van der Waals surface area contributed by atoms with E-state index >= 15 is 0 Å². The number of anilines is 1. The second kappa shape index (κ2) is 8.91. The number of carbonyl (C=O) groups excluding carboxylic acids is 3. The monoisotopic (exact) mass is 423 g/mol. The second-order valence-electron chi connectivity index (χ2n) is 6.84. The van der Waals surface area contributed by atoms with Gasteiger partial charge in [-0.1, -0.05) is 30.3 Å². The number of esters is 2. The van der Waals surface area contributed by atoms with Crippen LogP contribution in [0.1, 0.15) is 29.5 Å². The summed E-state index contributed by atoms with van der Waals surface area (Å²) in [6.07, 6.45) is -0.00933. The van der Waals surface area contributed by atoms with Crippen molar-refractivity contribution in [3.05, 3.63) is 59.9 Å². The van der Waals surface area contributed by atoms with Crippen molar-refractivity contribution in [2.45, 2.75) is 20.0 Å². The van der Waals surface area contributed by atoms with Gasteiger partial charge >= 0.3 is 11.9 Å². The Labute approximate surface area is 178 Å². The van der Waals surface area contributed by atoms with Crippen LogP contribution in [-0.4, -0.2) is 37.6 Å². The predicted octanol–water partition coefficient (Wildman–Crippen LogP) is 3.47. The van der Waals surface area contributed by atoms with E-state index in [1.165, 1.54) is 4.90 Å². The summed E-state index contributed by atoms with van der Waals surface area (Å²) in [5.41, 5.74) is 1.58. The first kappa shape index (κ1) is 20.5. The first-order chi connectivity index (χ1) is 15.1. The minimum atomic E-state index is -0.611. The highest BCUT2D eigenvalue weighted by Gasteiger charge is 2.26. The van der Waals surface area contributed by atoms with Gasteiger partial charge in [0.05, 0.1) is 24.3 Å². The van der Waals surface area contributed by atoms with Crippen LogP contribution in [0.25, 0.3) is 11.0 Å². The number of para-hydroxylation sites is 3. The lowest BCUT2D eigenvalue weighted by Crippen LogP contribution is -2.40. The van der Waals surface area contributed by atoms with Crippen molar-refractivity contribution in [1.82, 2.24) is 0 Å². The zero-order chi connectivity index (χ0) is 21.8. The van der Waals surface area contributed by atoms with E-state index in [0.29, 0.717) is 28.0 Å². The summed E-state index contributed by atoms with van der Waals surface area (Å²) in [7, 11) is 0. The Morgan fingerprint density at radius 2 is 1.84 bits per heavy atom. The molecule has 31 heavy (non-hydrogen) atoms. The fraction of sp³-hybridized carbons (Fsp3) is 0.261. The van der Waals surface area contributed by atoms with Gasteiger partial charge in [-0.15, -0.1) is 0 Å². The highest BCUT2D eigenvalue weighted by Crippen LogP contribution is 2.31. The smallest absolute Gasteiger partial charge is 0.374 e. The van der Waals surface area contributed by atoms with Crippen molar-refractivity contribution >= 4 is 34.5 Å². The number of carbonyl (C=O) groups is 3. The Hall–Kier alpha value is -3.81. The molecule has 1 aliphatic heterocycles. The van der Waals surface area contributed by atoms with Gasteiger partial charge in [-0.2, -0.15) is 0 Å². The molecule has 1 aliphatic rings. The summed E-state index contributed by atoms with van der Waals surface area (Å²) >= 11 is 0. The van der Waals surface area contributed by atoms with Gasteiger partial charge < -0.3 is 23.5 Å². The number of ether oxygens (including phenoxy) is 3. The molecule has 0 spiro atoms. The van der Waals surface area contributed by atoms with Crippen molar-refractivity contribution in [2.24, 2.45) is 0 Å². The standard InChI is InChI=1S/C23H21NO7/c1-2-28-23(27)22-16(15-7-3-5-9-18(15)31-22)13-30-21(26)11-12-24-17-8-4-6-10-19(17)29-14-20(24)25/h3-10H,2,11-14H2,1H3. The molecule has 0 saturated heterocycles. The summed E-state index contributed by atoms with van der Waals surface area (Å²) < 4.78 is 21.5. The molecule has 2 aromatic carbocycles. The average molecular weight is 423 g/mol. The minimum absolute atomic E-state index is 0.00933. The third kappa shape index (κ3) is 4.23. The number of fused-ring (bicyclic) bond motifs is 2. The molecule has 0 bridgehead atoms. The van der Waals surface area contributed by atoms with E-state index in [4.69, 9.17) is 18.6 Å². The second-order valence-corrected chi connectivity index (χ2v) is 6.84. The van der Waals surface area contributed by atoms with Crippen LogP contribution in [0, 0.1) is 0 Å². The number of rotatable bonds is 7. The third-order valence-electron chi connectivity index (χ3n) is 4.88. The van der Waals surface area contributed by atoms with Crippen LogP contribution in [0.2, 0.25) is 0 Å². The largest absolute Gasteiger partial charge is 0.482 e. The van der Waals surface area contributed by atoms with E-state index in [2.05, 4.69) is 0 Å². The first-order valence-electron chi connectivity index (χ1n) is 9.93. The molecule has 0 unspecified atom stereocenters. The molecule has 0 radical (unpaired) electrons. The van der Waals surface area contributed by atoms with Gasteiger partial charge in [0.15, 0.2) is 6.61 Å². The fourth-order valence-corrected chi connectivity index (χ4v) is 3.43. The number of benzene rings is 2. The first-order valence-corrected chi connectivity index (χ1v) is 9.93. The quantitative estimate of drug-likeness (QED) is 0.537. The normalized spacial score (nSPS) is 12.9. The molecule has 8 nitrogen and oxygen atoms in total. The lowest BCUT2D eigenvalue weighted by Gasteiger charge is -2.28. The van der Waals surface area contributed by atoms with E-state index in [0.717, 1.165) is 0 Å². The Kier molecular flexibility index (Phi) is 5.88. The summed E-state index contributed by atoms with van der Waals surface area (Å²) in [5.74, 6) is -0.721. The highest BCUT2D eigenvalue weighted by molar-refractivity contribution is 5.98. The topological polar surface area (TPSA) is 95.3 Å². The molecule has 0 atom stereocenters. The molecule has 160 valence electrons. The molecule has 4 rings (SSSR count). The molecule has 0 fully saturated rings. The van der Waals surface area contributed by atoms with Crippen molar-refractivity contribution in [3.63, 3.8) is 0 Å². The predicted molar refractivity (Wildman–Crippen MR) is 111 cm³/mol. The van der Waals surface area contributed by atoms with Crippen LogP contribution in [0.4, 0.5) is 5.69 Å². The van der Waals surface area contributed by atoms with E-state index in [1.54, 1.807) is 49.4 Å². The summed E-state index contributed by atoms with van der Waals surface area (Å²) in [4.78, 5) is 38.4. The van der Waals surface area contributed by atoms with Crippen LogP contribution in [0.5, 0.6) is 5.75 Å². The van der Waals surface area contributed by atoms with Crippen LogP contribution in [-0.2, 0) is 25.7 Å². The molecular weight excluding hydrogens is 402 g/mol. The van der Waals surface area contributed by atoms with Crippen LogP contribution >= 0.6 is 0 Å². The van der Waals surface area contributed by atoms with E-state index in [1.807, 2.05) is 6.07 Å². The maximum Gasteiger partial charge on any atom is 0.374 e. The van der Waals surface area contributed by atoms with Crippen molar-refractivity contribution in [1.29, 1.82) is 0 Å². The molecule has 0 N–H and O–H groups in total. The van der Waals surface area contributed by atoms with Crippen LogP contribution in [0.3, 0.4) is 0 Å². The van der Waals surface area contributed by atoms with Crippen LogP contribution < -0.4 is 9.64 Å². The molecule has 3 aromatic rings. The van der Waals surface area contributed by atoms with Gasteiger partial charge in [-0.25, -0.2) is 4.79 Å². The molecule has 2 heterocycles. The van der Waals surface area contributed by atoms with Crippen LogP contribution in [0.15, 0.2) is 52.9 Å². The number of furan rings is 1. The Morgan fingerprint density at radius 3 is 2.68 bits per heavy atom. The SMILES string of the molecule is CCOC(=O)c1oc2ccccc2c1COC(=O)CCN1C(=O)COc2ccccc21. The molecule has 1 amide bonds. The van der Waals surface area contributed by atoms with Gasteiger partial charge in [0, 0.05) is 11.9 Å². The maximum absolute atomic E-state index is 12.4. The Balaban J connectivity index is 1.44. The zero-order valence-corrected chi connectivity index (χ0v) is 17.0. The summed E-state index contributed by atoms with van der Waals surface area (Å²) in [6, 6.07) is 14.3. The Bertz CT molecular complexity index is 1130. The molecule has 0 saturated carbocycles. The van der Waals surface area contributed by atoms with Gasteiger partial charge in [0.2, 0.25) is 5.76 Å². The van der Waals surface area contributed by atoms with Crippen molar-refractivity contribution < 1.29 is 33.0 Å². The van der Waals surface area contributed by atoms with Gasteiger partial charge in [-0.05, 0) is 25.1 Å². The summed E-state index contributed by atoms with van der Waals surface area (Å²) in [5, 5.41) is 0.677. The van der Waals surface area contributed by atoms with E-state index in [-0.39, 0.29) is 44.5 Å². The number of hydrogen-bond donors (Lipinski definition) is 0. The maximum atomic E-state index is 12.4. The van der Waals surface area contributed by atoms with Gasteiger partial charge in [0.1, 0.15) is 17.9 Å². The minimum Gasteiger partial charge on any atom is -0.482 e. The number of nitrogens with zero attached hydrogens (tertiary/aromatic N) is 1. The number of amides is 1. The molecule has 0 aliphatic carbocycles. The molecular formula is C23H21NO7. The third-order valence-corrected chi connectivity index (χ3v) is 4.88.